The van der Waals surface area contributed by atoms with Gasteiger partial charge in [0, 0.05) is 6.20 Å². The van der Waals surface area contributed by atoms with Crippen LogP contribution < -0.4 is 11.3 Å². The maximum atomic E-state index is 6.13. The van der Waals surface area contributed by atoms with Crippen molar-refractivity contribution < 1.29 is 0 Å². The second-order valence-electron chi connectivity index (χ2n) is 4.28. The largest absolute Gasteiger partial charge is 0.271 e. The van der Waals surface area contributed by atoms with E-state index in [1.54, 1.807) is 6.20 Å². The van der Waals surface area contributed by atoms with Crippen LogP contribution in [0.4, 0.5) is 0 Å². The van der Waals surface area contributed by atoms with Gasteiger partial charge >= 0.3 is 0 Å². The molecule has 0 saturated heterocycles. The minimum Gasteiger partial charge on any atom is -0.271 e. The highest BCUT2D eigenvalue weighted by atomic mass is 35.5. The molecule has 1 unspecified atom stereocenters. The lowest BCUT2D eigenvalue weighted by molar-refractivity contribution is 0.538. The van der Waals surface area contributed by atoms with Crippen molar-refractivity contribution in [1.82, 2.24) is 10.4 Å². The van der Waals surface area contributed by atoms with Crippen molar-refractivity contribution in [2.24, 2.45) is 5.84 Å². The van der Waals surface area contributed by atoms with Crippen molar-refractivity contribution in [3.63, 3.8) is 0 Å². The fraction of sp³-hybridized carbons (Fsp3) is 0.214. The molecular weight excluding hydrogens is 246 g/mol. The second-order valence-corrected chi connectivity index (χ2v) is 4.69. The number of hydrazine groups is 1. The van der Waals surface area contributed by atoms with E-state index in [4.69, 9.17) is 17.4 Å². The van der Waals surface area contributed by atoms with Gasteiger partial charge in [0.15, 0.2) is 0 Å². The monoisotopic (exact) mass is 261 g/mol. The van der Waals surface area contributed by atoms with Gasteiger partial charge in [0.25, 0.3) is 0 Å². The molecule has 0 bridgehead atoms. The molecule has 0 fully saturated rings. The van der Waals surface area contributed by atoms with E-state index in [2.05, 4.69) is 41.6 Å². The Kier molecular flexibility index (Phi) is 4.31. The molecule has 1 atom stereocenters. The molecule has 0 spiro atoms. The Bertz CT molecular complexity index is 511. The van der Waals surface area contributed by atoms with Crippen LogP contribution in [0.2, 0.25) is 5.02 Å². The van der Waals surface area contributed by atoms with E-state index in [1.807, 2.05) is 12.1 Å². The van der Waals surface area contributed by atoms with Crippen LogP contribution in [0.15, 0.2) is 42.6 Å². The van der Waals surface area contributed by atoms with Gasteiger partial charge in [-0.05, 0) is 31.0 Å². The summed E-state index contributed by atoms with van der Waals surface area (Å²) in [5.41, 5.74) is 6.00. The summed E-state index contributed by atoms with van der Waals surface area (Å²) in [7, 11) is 0. The third-order valence-corrected chi connectivity index (χ3v) is 3.20. The highest BCUT2D eigenvalue weighted by Crippen LogP contribution is 2.22. The van der Waals surface area contributed by atoms with Crippen molar-refractivity contribution in [2.45, 2.75) is 19.4 Å². The van der Waals surface area contributed by atoms with Crippen LogP contribution in [0.3, 0.4) is 0 Å². The predicted molar refractivity (Wildman–Crippen MR) is 74.2 cm³/mol. The Hall–Kier alpha value is -1.42. The molecule has 1 aromatic carbocycles. The zero-order valence-corrected chi connectivity index (χ0v) is 11.0. The number of nitrogens with two attached hydrogens (primary N) is 1. The third-order valence-electron chi connectivity index (χ3n) is 2.88. The van der Waals surface area contributed by atoms with Crippen LogP contribution in [0.5, 0.6) is 0 Å². The zero-order chi connectivity index (χ0) is 13.0. The number of hydrogen-bond donors (Lipinski definition) is 2. The molecule has 0 radical (unpaired) electrons. The maximum absolute atomic E-state index is 6.13. The van der Waals surface area contributed by atoms with E-state index in [1.165, 1.54) is 11.1 Å². The molecule has 2 aromatic rings. The van der Waals surface area contributed by atoms with Gasteiger partial charge in [-0.1, -0.05) is 41.4 Å². The molecule has 3 N–H and O–H groups in total. The highest BCUT2D eigenvalue weighted by Gasteiger charge is 2.14. The minimum atomic E-state index is -0.0820. The lowest BCUT2D eigenvalue weighted by Crippen LogP contribution is -2.30. The SMILES string of the molecule is Cc1ccc(CC(NN)c2ncccc2Cl)cc1. The van der Waals surface area contributed by atoms with Crippen LogP contribution >= 0.6 is 11.6 Å². The van der Waals surface area contributed by atoms with Gasteiger partial charge in [0.05, 0.1) is 16.8 Å². The Morgan fingerprint density at radius 2 is 2.00 bits per heavy atom. The molecule has 0 saturated carbocycles. The molecule has 2 rings (SSSR count). The fourth-order valence-electron chi connectivity index (χ4n) is 1.85. The Morgan fingerprint density at radius 1 is 1.28 bits per heavy atom. The average Bonchev–Trinajstić information content (AvgIpc) is 2.39. The predicted octanol–water partition coefficient (Wildman–Crippen LogP) is 2.79. The first-order valence-corrected chi connectivity index (χ1v) is 6.20. The van der Waals surface area contributed by atoms with E-state index in [0.717, 1.165) is 12.1 Å². The number of nitrogens with zero attached hydrogens (tertiary/aromatic N) is 1. The quantitative estimate of drug-likeness (QED) is 0.657. The minimum absolute atomic E-state index is 0.0820. The van der Waals surface area contributed by atoms with Crippen molar-refractivity contribution in [3.8, 4) is 0 Å². The van der Waals surface area contributed by atoms with Crippen molar-refractivity contribution in [2.75, 3.05) is 0 Å². The molecule has 3 nitrogen and oxygen atoms in total. The molecule has 18 heavy (non-hydrogen) atoms. The Labute approximate surface area is 112 Å². The third kappa shape index (κ3) is 3.07. The van der Waals surface area contributed by atoms with E-state index in [-0.39, 0.29) is 6.04 Å². The first kappa shape index (κ1) is 13.0. The van der Waals surface area contributed by atoms with Crippen LogP contribution in [-0.4, -0.2) is 4.98 Å². The molecule has 4 heteroatoms. The molecule has 1 heterocycles. The number of pyridine rings is 1. The summed E-state index contributed by atoms with van der Waals surface area (Å²) in [6, 6.07) is 11.9. The van der Waals surface area contributed by atoms with E-state index in [9.17, 15) is 0 Å². The molecule has 0 aliphatic heterocycles. The van der Waals surface area contributed by atoms with Crippen LogP contribution in [-0.2, 0) is 6.42 Å². The van der Waals surface area contributed by atoms with Crippen LogP contribution in [0, 0.1) is 6.92 Å². The lowest BCUT2D eigenvalue weighted by atomic mass is 10.0. The van der Waals surface area contributed by atoms with Gasteiger partial charge in [-0.15, -0.1) is 0 Å². The van der Waals surface area contributed by atoms with Gasteiger partial charge in [0.1, 0.15) is 0 Å². The number of hydrogen-bond acceptors (Lipinski definition) is 3. The number of benzene rings is 1. The number of nitrogens with one attached hydrogen (secondary N) is 1. The van der Waals surface area contributed by atoms with E-state index >= 15 is 0 Å². The van der Waals surface area contributed by atoms with Crippen LogP contribution in [0.1, 0.15) is 22.9 Å². The first-order chi connectivity index (χ1) is 8.70. The number of aromatic nitrogens is 1. The topological polar surface area (TPSA) is 50.9 Å². The average molecular weight is 262 g/mol. The number of halogens is 1. The summed E-state index contributed by atoms with van der Waals surface area (Å²) in [6.07, 6.45) is 2.48. The lowest BCUT2D eigenvalue weighted by Gasteiger charge is -2.16. The highest BCUT2D eigenvalue weighted by molar-refractivity contribution is 6.31. The number of rotatable bonds is 4. The second kappa shape index (κ2) is 5.96. The molecule has 0 aliphatic rings. The summed E-state index contributed by atoms with van der Waals surface area (Å²) in [6.45, 7) is 2.07. The fourth-order valence-corrected chi connectivity index (χ4v) is 2.10. The summed E-state index contributed by atoms with van der Waals surface area (Å²) in [4.78, 5) is 4.29. The standard InChI is InChI=1S/C14H16ClN3/c1-10-4-6-11(7-5-10)9-13(18-16)14-12(15)3-2-8-17-14/h2-8,13,18H,9,16H2,1H3. The summed E-state index contributed by atoms with van der Waals surface area (Å²) >= 11 is 6.13. The summed E-state index contributed by atoms with van der Waals surface area (Å²) in [5.74, 6) is 5.60. The van der Waals surface area contributed by atoms with Crippen molar-refractivity contribution in [1.29, 1.82) is 0 Å². The van der Waals surface area contributed by atoms with Gasteiger partial charge in [0.2, 0.25) is 0 Å². The van der Waals surface area contributed by atoms with Crippen molar-refractivity contribution in [3.05, 3.63) is 64.4 Å². The van der Waals surface area contributed by atoms with Gasteiger partial charge in [-0.3, -0.25) is 16.3 Å². The molecule has 1 aromatic heterocycles. The number of aryl methyl sites for hydroxylation is 1. The maximum Gasteiger partial charge on any atom is 0.0775 e. The molecular formula is C14H16ClN3. The smallest absolute Gasteiger partial charge is 0.0775 e. The van der Waals surface area contributed by atoms with Gasteiger partial charge in [-0.25, -0.2) is 0 Å². The summed E-state index contributed by atoms with van der Waals surface area (Å²) in [5, 5.41) is 0.632. The Balaban J connectivity index is 2.20. The van der Waals surface area contributed by atoms with E-state index < -0.39 is 0 Å². The normalized spacial score (nSPS) is 12.4. The molecule has 94 valence electrons. The first-order valence-electron chi connectivity index (χ1n) is 5.83. The van der Waals surface area contributed by atoms with E-state index in [0.29, 0.717) is 5.02 Å². The summed E-state index contributed by atoms with van der Waals surface area (Å²) < 4.78 is 0. The van der Waals surface area contributed by atoms with Crippen molar-refractivity contribution >= 4 is 11.6 Å². The molecule has 0 amide bonds. The zero-order valence-electron chi connectivity index (χ0n) is 10.2. The van der Waals surface area contributed by atoms with Crippen LogP contribution in [0.25, 0.3) is 0 Å². The van der Waals surface area contributed by atoms with Gasteiger partial charge in [-0.2, -0.15) is 0 Å². The molecule has 0 aliphatic carbocycles. The Morgan fingerprint density at radius 3 is 2.61 bits per heavy atom. The van der Waals surface area contributed by atoms with Gasteiger partial charge < -0.3 is 0 Å².